The first-order valence-electron chi connectivity index (χ1n) is 9.52. The number of phenolic OH excluding ortho intramolecular Hbond substituents is 3. The lowest BCUT2D eigenvalue weighted by molar-refractivity contribution is -0.110. The average molecular weight is 412 g/mol. The molecule has 8 nitrogen and oxygen atoms in total. The van der Waals surface area contributed by atoms with E-state index >= 15 is 0 Å². The van der Waals surface area contributed by atoms with Crippen LogP contribution in [0.25, 0.3) is 0 Å². The summed E-state index contributed by atoms with van der Waals surface area (Å²) in [6.07, 6.45) is 2.76. The van der Waals surface area contributed by atoms with Crippen molar-refractivity contribution >= 4 is 5.78 Å². The third kappa shape index (κ3) is 2.40. The Morgan fingerprint density at radius 1 is 1.13 bits per heavy atom. The molecule has 156 valence electrons. The molecule has 3 heterocycles. The van der Waals surface area contributed by atoms with Crippen LogP contribution in [0.1, 0.15) is 47.3 Å². The molecule has 8 heteroatoms. The van der Waals surface area contributed by atoms with E-state index in [1.165, 1.54) is 18.4 Å². The van der Waals surface area contributed by atoms with Gasteiger partial charge in [-0.05, 0) is 44.4 Å². The number of rotatable bonds is 2. The number of carbonyl (C=O) groups excluding carboxylic acids is 1. The highest BCUT2D eigenvalue weighted by Crippen LogP contribution is 2.54. The molecule has 0 radical (unpaired) electrons. The number of aliphatic hydroxyl groups is 1. The van der Waals surface area contributed by atoms with Crippen LogP contribution < -0.4 is 9.47 Å². The van der Waals surface area contributed by atoms with Gasteiger partial charge in [-0.1, -0.05) is 6.07 Å². The number of fused-ring (bicyclic) bond motifs is 4. The lowest BCUT2D eigenvalue weighted by atomic mass is 9.87. The van der Waals surface area contributed by atoms with Crippen molar-refractivity contribution in [2.75, 3.05) is 0 Å². The SMILES string of the molecule is CC1(C)CCc2ccc(O)c(C(=O)c3c(O)cc4c(c3O)[C@@]3(O)C=CO[C@@H]3O4)c2O1. The van der Waals surface area contributed by atoms with Gasteiger partial charge in [0.1, 0.15) is 45.5 Å². The minimum absolute atomic E-state index is 0.00454. The van der Waals surface area contributed by atoms with Crippen molar-refractivity contribution in [2.24, 2.45) is 0 Å². The summed E-state index contributed by atoms with van der Waals surface area (Å²) in [5.74, 6) is -2.18. The number of aromatic hydroxyl groups is 3. The van der Waals surface area contributed by atoms with E-state index in [0.29, 0.717) is 6.42 Å². The monoisotopic (exact) mass is 412 g/mol. The van der Waals surface area contributed by atoms with Gasteiger partial charge in [0.15, 0.2) is 5.60 Å². The summed E-state index contributed by atoms with van der Waals surface area (Å²) >= 11 is 0. The molecule has 0 unspecified atom stereocenters. The van der Waals surface area contributed by atoms with E-state index in [9.17, 15) is 25.2 Å². The van der Waals surface area contributed by atoms with Crippen molar-refractivity contribution < 1.29 is 39.4 Å². The molecular weight excluding hydrogens is 392 g/mol. The molecule has 0 bridgehead atoms. The molecule has 3 aliphatic heterocycles. The van der Waals surface area contributed by atoms with Crippen LogP contribution in [0.4, 0.5) is 0 Å². The van der Waals surface area contributed by atoms with Crippen molar-refractivity contribution in [2.45, 2.75) is 44.2 Å². The van der Waals surface area contributed by atoms with Crippen LogP contribution in [-0.2, 0) is 16.8 Å². The summed E-state index contributed by atoms with van der Waals surface area (Å²) in [6, 6.07) is 4.20. The molecule has 2 aromatic rings. The van der Waals surface area contributed by atoms with Gasteiger partial charge in [0.25, 0.3) is 6.29 Å². The molecule has 2 atom stereocenters. The van der Waals surface area contributed by atoms with E-state index in [4.69, 9.17) is 14.2 Å². The molecule has 0 saturated carbocycles. The van der Waals surface area contributed by atoms with Crippen LogP contribution in [0, 0.1) is 0 Å². The molecule has 0 aromatic heterocycles. The van der Waals surface area contributed by atoms with E-state index in [0.717, 1.165) is 18.1 Å². The Balaban J connectivity index is 1.69. The fourth-order valence-electron chi connectivity index (χ4n) is 4.20. The highest BCUT2D eigenvalue weighted by atomic mass is 16.7. The van der Waals surface area contributed by atoms with Gasteiger partial charge in [-0.25, -0.2) is 0 Å². The first-order chi connectivity index (χ1) is 14.1. The van der Waals surface area contributed by atoms with E-state index in [-0.39, 0.29) is 28.4 Å². The molecule has 0 fully saturated rings. The zero-order chi connectivity index (χ0) is 21.4. The molecule has 0 spiro atoms. The predicted octanol–water partition coefficient (Wildman–Crippen LogP) is 2.59. The summed E-state index contributed by atoms with van der Waals surface area (Å²) in [4.78, 5) is 13.5. The van der Waals surface area contributed by atoms with Crippen molar-refractivity contribution in [1.29, 1.82) is 0 Å². The van der Waals surface area contributed by atoms with Gasteiger partial charge in [0, 0.05) is 6.07 Å². The lowest BCUT2D eigenvalue weighted by Gasteiger charge is -2.33. The second kappa shape index (κ2) is 5.82. The summed E-state index contributed by atoms with van der Waals surface area (Å²) in [7, 11) is 0. The largest absolute Gasteiger partial charge is 0.507 e. The topological polar surface area (TPSA) is 126 Å². The summed E-state index contributed by atoms with van der Waals surface area (Å²) in [5, 5.41) is 42.8. The van der Waals surface area contributed by atoms with Gasteiger partial charge in [-0.15, -0.1) is 0 Å². The van der Waals surface area contributed by atoms with Crippen LogP contribution in [0.5, 0.6) is 28.7 Å². The minimum Gasteiger partial charge on any atom is -0.507 e. The molecule has 3 aliphatic rings. The standard InChI is InChI=1S/C22H20O8/c1-21(2)6-5-10-3-4-11(23)15(19(10)30-21)17(25)14-12(24)9-13-16(18(14)26)22(27)7-8-28-20(22)29-13/h3-4,7-9,20,23-24,26-27H,5-6H2,1-2H3/t20-,22+/m1/s1. The quantitative estimate of drug-likeness (QED) is 0.555. The Morgan fingerprint density at radius 3 is 2.67 bits per heavy atom. The first-order valence-corrected chi connectivity index (χ1v) is 9.52. The van der Waals surface area contributed by atoms with Gasteiger partial charge in [-0.3, -0.25) is 4.79 Å². The number of hydrogen-bond donors (Lipinski definition) is 4. The highest BCUT2D eigenvalue weighted by molar-refractivity contribution is 6.16. The molecule has 0 aliphatic carbocycles. The summed E-state index contributed by atoms with van der Waals surface area (Å²) in [6.45, 7) is 3.75. The summed E-state index contributed by atoms with van der Waals surface area (Å²) < 4.78 is 16.6. The molecule has 0 saturated heterocycles. The normalized spacial score (nSPS) is 24.8. The Labute approximate surface area is 171 Å². The van der Waals surface area contributed by atoms with Gasteiger partial charge >= 0.3 is 0 Å². The van der Waals surface area contributed by atoms with E-state index in [1.54, 1.807) is 6.07 Å². The maximum Gasteiger partial charge on any atom is 0.277 e. The average Bonchev–Trinajstić information content (AvgIpc) is 3.13. The third-order valence-corrected chi connectivity index (χ3v) is 5.81. The molecule has 2 aromatic carbocycles. The zero-order valence-corrected chi connectivity index (χ0v) is 16.3. The molecule has 5 rings (SSSR count). The number of benzene rings is 2. The van der Waals surface area contributed by atoms with Crippen LogP contribution in [0.3, 0.4) is 0 Å². The number of aryl methyl sites for hydroxylation is 1. The maximum atomic E-state index is 13.5. The van der Waals surface area contributed by atoms with Crippen molar-refractivity contribution in [3.63, 3.8) is 0 Å². The van der Waals surface area contributed by atoms with E-state index in [2.05, 4.69) is 0 Å². The highest BCUT2D eigenvalue weighted by Gasteiger charge is 2.54. The third-order valence-electron chi connectivity index (χ3n) is 5.81. The number of carbonyl (C=O) groups is 1. The molecule has 0 amide bonds. The fourth-order valence-corrected chi connectivity index (χ4v) is 4.20. The Hall–Kier alpha value is -3.39. The molecule has 4 N–H and O–H groups in total. The van der Waals surface area contributed by atoms with Crippen molar-refractivity contribution in [3.05, 3.63) is 52.8 Å². The first kappa shape index (κ1) is 18.6. The van der Waals surface area contributed by atoms with Crippen LogP contribution in [0.15, 0.2) is 30.5 Å². The van der Waals surface area contributed by atoms with Crippen molar-refractivity contribution in [1.82, 2.24) is 0 Å². The predicted molar refractivity (Wildman–Crippen MR) is 103 cm³/mol. The number of ether oxygens (including phenoxy) is 3. The summed E-state index contributed by atoms with van der Waals surface area (Å²) in [5.41, 5.74) is -2.34. The van der Waals surface area contributed by atoms with Crippen LogP contribution >= 0.6 is 0 Å². The minimum atomic E-state index is -1.81. The fraction of sp³-hybridized carbons (Fsp3) is 0.318. The zero-order valence-electron chi connectivity index (χ0n) is 16.3. The second-order valence-corrected chi connectivity index (χ2v) is 8.35. The number of hydrogen-bond acceptors (Lipinski definition) is 8. The second-order valence-electron chi connectivity index (χ2n) is 8.35. The molecular formula is C22H20O8. The lowest BCUT2D eigenvalue weighted by Crippen LogP contribution is -2.34. The van der Waals surface area contributed by atoms with Gasteiger partial charge < -0.3 is 34.6 Å². The van der Waals surface area contributed by atoms with Gasteiger partial charge in [0.05, 0.1) is 11.8 Å². The van der Waals surface area contributed by atoms with Crippen LogP contribution in [-0.4, -0.2) is 38.1 Å². The van der Waals surface area contributed by atoms with E-state index < -0.39 is 40.3 Å². The Bertz CT molecular complexity index is 1130. The molecule has 30 heavy (non-hydrogen) atoms. The van der Waals surface area contributed by atoms with Crippen LogP contribution in [0.2, 0.25) is 0 Å². The Morgan fingerprint density at radius 2 is 1.90 bits per heavy atom. The van der Waals surface area contributed by atoms with E-state index in [1.807, 2.05) is 13.8 Å². The van der Waals surface area contributed by atoms with Crippen molar-refractivity contribution in [3.8, 4) is 28.7 Å². The number of ketones is 1. The van der Waals surface area contributed by atoms with Gasteiger partial charge in [0.2, 0.25) is 5.78 Å². The Kier molecular flexibility index (Phi) is 3.62. The smallest absolute Gasteiger partial charge is 0.277 e. The maximum absolute atomic E-state index is 13.5. The van der Waals surface area contributed by atoms with Gasteiger partial charge in [-0.2, -0.15) is 0 Å². The number of phenols is 3.